The van der Waals surface area contributed by atoms with Crippen LogP contribution in [0.2, 0.25) is 0 Å². The van der Waals surface area contributed by atoms with E-state index in [1.165, 1.54) is 5.56 Å². The largest absolute Gasteiger partial charge is 0.366 e. The van der Waals surface area contributed by atoms with Crippen LogP contribution in [0.3, 0.4) is 0 Å². The summed E-state index contributed by atoms with van der Waals surface area (Å²) in [5.74, 6) is 1.42. The maximum atomic E-state index is 5.13. The van der Waals surface area contributed by atoms with Gasteiger partial charge in [0.25, 0.3) is 0 Å². The first-order chi connectivity index (χ1) is 21.8. The number of hydrogen-bond acceptors (Lipinski definition) is 5. The molecule has 0 bridgehead atoms. The Balaban J connectivity index is 1.29. The van der Waals surface area contributed by atoms with Gasteiger partial charge in [0.05, 0.1) is 0 Å². The maximum absolute atomic E-state index is 5.13. The van der Waals surface area contributed by atoms with E-state index in [4.69, 9.17) is 10.3 Å². The van der Waals surface area contributed by atoms with Crippen LogP contribution in [0.5, 0.6) is 0 Å². The third-order valence-electron chi connectivity index (χ3n) is 7.86. The normalized spacial score (nSPS) is 11.3. The van der Waals surface area contributed by atoms with Crippen LogP contribution < -0.4 is 5.32 Å². The van der Waals surface area contributed by atoms with Crippen LogP contribution in [0.15, 0.2) is 164 Å². The van der Waals surface area contributed by atoms with E-state index in [1.807, 2.05) is 48.5 Å². The van der Waals surface area contributed by atoms with E-state index in [-0.39, 0.29) is 0 Å². The number of tetrazole rings is 1. The molecule has 212 valence electrons. The van der Waals surface area contributed by atoms with Gasteiger partial charge in [0, 0.05) is 18.3 Å². The van der Waals surface area contributed by atoms with Gasteiger partial charge in [-0.2, -0.15) is 0 Å². The van der Waals surface area contributed by atoms with Gasteiger partial charge < -0.3 is 5.32 Å². The van der Waals surface area contributed by atoms with Gasteiger partial charge in [0.15, 0.2) is 5.54 Å². The Hall–Kier alpha value is -5.88. The molecule has 44 heavy (non-hydrogen) atoms. The van der Waals surface area contributed by atoms with E-state index in [0.717, 1.165) is 39.2 Å². The van der Waals surface area contributed by atoms with Gasteiger partial charge in [-0.3, -0.25) is 0 Å². The lowest BCUT2D eigenvalue weighted by Crippen LogP contribution is -2.39. The molecule has 0 saturated heterocycles. The van der Waals surface area contributed by atoms with Crippen LogP contribution in [-0.4, -0.2) is 25.2 Å². The van der Waals surface area contributed by atoms with Crippen molar-refractivity contribution in [2.24, 2.45) is 0 Å². The summed E-state index contributed by atoms with van der Waals surface area (Å²) in [4.78, 5) is 6.12. The molecule has 0 amide bonds. The zero-order valence-corrected chi connectivity index (χ0v) is 24.0. The van der Waals surface area contributed by atoms with Crippen LogP contribution in [0.1, 0.15) is 22.3 Å². The maximum Gasteiger partial charge on any atom is 0.205 e. The minimum Gasteiger partial charge on any atom is -0.366 e. The van der Waals surface area contributed by atoms with E-state index in [1.54, 1.807) is 11.0 Å². The molecule has 0 saturated carbocycles. The Morgan fingerprint density at radius 1 is 0.545 bits per heavy atom. The highest BCUT2D eigenvalue weighted by molar-refractivity contribution is 5.80. The molecule has 0 fully saturated rings. The summed E-state index contributed by atoms with van der Waals surface area (Å²) in [5.41, 5.74) is 6.52. The van der Waals surface area contributed by atoms with Gasteiger partial charge in [-0.1, -0.05) is 146 Å². The van der Waals surface area contributed by atoms with Crippen molar-refractivity contribution in [3.05, 3.63) is 186 Å². The zero-order chi connectivity index (χ0) is 29.6. The molecule has 2 heterocycles. The second kappa shape index (κ2) is 12.2. The first kappa shape index (κ1) is 27.0. The molecular weight excluding hydrogens is 540 g/mol. The fraction of sp³-hybridized carbons (Fsp3) is 0.0526. The average molecular weight is 571 g/mol. The Bertz CT molecular complexity index is 1840. The Morgan fingerprint density at radius 2 is 1.09 bits per heavy atom. The number of nitrogens with zero attached hydrogens (tertiary/aromatic N) is 5. The van der Waals surface area contributed by atoms with Crippen molar-refractivity contribution >= 4 is 5.82 Å². The summed E-state index contributed by atoms with van der Waals surface area (Å²) in [5, 5.41) is 17.9. The predicted octanol–water partition coefficient (Wildman–Crippen LogP) is 7.85. The molecule has 6 heteroatoms. The number of rotatable bonds is 9. The van der Waals surface area contributed by atoms with Gasteiger partial charge in [0.2, 0.25) is 5.82 Å². The molecule has 0 aliphatic rings. The smallest absolute Gasteiger partial charge is 0.205 e. The molecule has 2 aromatic heterocycles. The molecule has 0 atom stereocenters. The molecule has 0 radical (unpaired) electrons. The zero-order valence-electron chi connectivity index (χ0n) is 24.0. The van der Waals surface area contributed by atoms with Gasteiger partial charge in [-0.15, -0.1) is 15.0 Å². The van der Waals surface area contributed by atoms with Gasteiger partial charge >= 0.3 is 0 Å². The van der Waals surface area contributed by atoms with E-state index < -0.39 is 5.54 Å². The van der Waals surface area contributed by atoms with Crippen LogP contribution in [0.25, 0.3) is 22.5 Å². The standard InChI is InChI=1S/C38H30N6/c1-4-14-31(15-5-1)38(32-16-6-2-7-17-32,33-18-8-3-9-19-33)44-42-37(41-43-44)35-21-11-10-20-34(35)30-25-23-29(24-26-30)28-40-36-22-12-13-27-39-36/h1-27H,28H2,(H,39,40). The minimum atomic E-state index is -0.827. The number of pyridine rings is 1. The summed E-state index contributed by atoms with van der Waals surface area (Å²) in [6, 6.07) is 53.8. The molecule has 0 spiro atoms. The number of anilines is 1. The quantitative estimate of drug-likeness (QED) is 0.179. The van der Waals surface area contributed by atoms with E-state index >= 15 is 0 Å². The van der Waals surface area contributed by atoms with Crippen molar-refractivity contribution in [3.63, 3.8) is 0 Å². The molecular formula is C38H30N6. The second-order valence-electron chi connectivity index (χ2n) is 10.5. The fourth-order valence-electron chi connectivity index (χ4n) is 5.74. The van der Waals surface area contributed by atoms with Crippen molar-refractivity contribution in [2.45, 2.75) is 12.1 Å². The minimum absolute atomic E-state index is 0.564. The summed E-state index contributed by atoms with van der Waals surface area (Å²) >= 11 is 0. The lowest BCUT2D eigenvalue weighted by molar-refractivity contribution is 0.396. The Labute approximate surface area is 256 Å². The van der Waals surface area contributed by atoms with Crippen molar-refractivity contribution < 1.29 is 0 Å². The second-order valence-corrected chi connectivity index (χ2v) is 10.5. The number of benzene rings is 5. The number of aromatic nitrogens is 5. The number of hydrogen-bond donors (Lipinski definition) is 1. The van der Waals surface area contributed by atoms with Crippen molar-refractivity contribution in [3.8, 4) is 22.5 Å². The molecule has 0 aliphatic carbocycles. The molecule has 7 aromatic rings. The Morgan fingerprint density at radius 3 is 1.66 bits per heavy atom. The van der Waals surface area contributed by atoms with Gasteiger partial charge in [0.1, 0.15) is 5.82 Å². The predicted molar refractivity (Wildman–Crippen MR) is 175 cm³/mol. The monoisotopic (exact) mass is 570 g/mol. The van der Waals surface area contributed by atoms with Crippen LogP contribution in [0, 0.1) is 0 Å². The Kier molecular flexibility index (Phi) is 7.45. The van der Waals surface area contributed by atoms with E-state index in [2.05, 4.69) is 125 Å². The molecule has 7 rings (SSSR count). The lowest BCUT2D eigenvalue weighted by atomic mass is 9.77. The summed E-state index contributed by atoms with van der Waals surface area (Å²) in [7, 11) is 0. The van der Waals surface area contributed by atoms with Crippen LogP contribution in [0.4, 0.5) is 5.82 Å². The van der Waals surface area contributed by atoms with Gasteiger partial charge in [-0.05, 0) is 50.7 Å². The molecule has 1 N–H and O–H groups in total. The van der Waals surface area contributed by atoms with Crippen LogP contribution in [-0.2, 0) is 12.1 Å². The topological polar surface area (TPSA) is 68.5 Å². The van der Waals surface area contributed by atoms with Crippen molar-refractivity contribution in [2.75, 3.05) is 5.32 Å². The van der Waals surface area contributed by atoms with Crippen molar-refractivity contribution in [1.82, 2.24) is 25.2 Å². The molecule has 0 unspecified atom stereocenters. The van der Waals surface area contributed by atoms with Gasteiger partial charge in [-0.25, -0.2) is 4.98 Å². The van der Waals surface area contributed by atoms with Crippen molar-refractivity contribution in [1.29, 1.82) is 0 Å². The fourth-order valence-corrected chi connectivity index (χ4v) is 5.74. The van der Waals surface area contributed by atoms with E-state index in [9.17, 15) is 0 Å². The summed E-state index contributed by atoms with van der Waals surface area (Å²) < 4.78 is 0. The molecule has 0 aliphatic heterocycles. The third kappa shape index (κ3) is 5.14. The molecule has 5 aromatic carbocycles. The van der Waals surface area contributed by atoms with Crippen LogP contribution >= 0.6 is 0 Å². The average Bonchev–Trinajstić information content (AvgIpc) is 3.60. The SMILES string of the molecule is c1ccc(C(c2ccccc2)(c2ccccc2)n2nnc(-c3ccccc3-c3ccc(CNc4ccccn4)cc3)n2)cc1. The first-order valence-electron chi connectivity index (χ1n) is 14.6. The molecule has 6 nitrogen and oxygen atoms in total. The van der Waals surface area contributed by atoms with E-state index in [0.29, 0.717) is 12.4 Å². The highest BCUT2D eigenvalue weighted by atomic mass is 15.6. The first-order valence-corrected chi connectivity index (χ1v) is 14.6. The third-order valence-corrected chi connectivity index (χ3v) is 7.86. The number of nitrogens with one attached hydrogen (secondary N) is 1. The highest BCUT2D eigenvalue weighted by Crippen LogP contribution is 2.40. The lowest BCUT2D eigenvalue weighted by Gasteiger charge is -2.34. The summed E-state index contributed by atoms with van der Waals surface area (Å²) in [6.07, 6.45) is 1.79. The highest BCUT2D eigenvalue weighted by Gasteiger charge is 2.41. The summed E-state index contributed by atoms with van der Waals surface area (Å²) in [6.45, 7) is 0.690.